The number of hydrogen-bond donors (Lipinski definition) is 1. The molecule has 0 radical (unpaired) electrons. The molecule has 1 amide bonds. The molecular formula is C17H21N3O2S. The summed E-state index contributed by atoms with van der Waals surface area (Å²) in [4.78, 5) is 21.3. The Bertz CT molecular complexity index is 697. The molecule has 0 saturated carbocycles. The molecule has 0 bridgehead atoms. The first kappa shape index (κ1) is 16.1. The summed E-state index contributed by atoms with van der Waals surface area (Å²) in [5, 5.41) is 10.9. The molecule has 0 aliphatic carbocycles. The molecule has 0 spiro atoms. The molecule has 122 valence electrons. The zero-order valence-corrected chi connectivity index (χ0v) is 14.4. The lowest BCUT2D eigenvalue weighted by molar-refractivity contribution is -0.113. The summed E-state index contributed by atoms with van der Waals surface area (Å²) in [7, 11) is 4.16. The van der Waals surface area contributed by atoms with Gasteiger partial charge < -0.3 is 14.9 Å². The van der Waals surface area contributed by atoms with Gasteiger partial charge in [-0.15, -0.1) is 0 Å². The number of amides is 1. The maximum absolute atomic E-state index is 12.2. The normalized spacial score (nSPS) is 23.2. The van der Waals surface area contributed by atoms with Crippen molar-refractivity contribution in [3.63, 3.8) is 0 Å². The van der Waals surface area contributed by atoms with Crippen LogP contribution in [0.2, 0.25) is 0 Å². The number of likely N-dealkylation sites (N-methyl/N-ethyl adjacent to an activating group) is 1. The predicted molar refractivity (Wildman–Crippen MR) is 94.5 cm³/mol. The van der Waals surface area contributed by atoms with E-state index in [1.54, 1.807) is 12.1 Å². The van der Waals surface area contributed by atoms with Crippen LogP contribution in [0, 0.1) is 6.92 Å². The SMILES string of the molecule is Cc1cccc(/C=C2\SC(N3CC[C@@H](N(C)C)C3)=NC2=O)c1O. The fraction of sp³-hybridized carbons (Fsp3) is 0.412. The number of carbonyl (C=O) groups excluding carboxylic acids is 1. The molecule has 6 heteroatoms. The average Bonchev–Trinajstić information content (AvgIpc) is 3.11. The van der Waals surface area contributed by atoms with E-state index < -0.39 is 0 Å². The highest BCUT2D eigenvalue weighted by atomic mass is 32.2. The summed E-state index contributed by atoms with van der Waals surface area (Å²) in [5.74, 6) is -0.00472. The fourth-order valence-corrected chi connectivity index (χ4v) is 3.75. The molecular weight excluding hydrogens is 310 g/mol. The molecule has 2 heterocycles. The van der Waals surface area contributed by atoms with Crippen LogP contribution in [-0.4, -0.2) is 59.2 Å². The van der Waals surface area contributed by atoms with Gasteiger partial charge in [-0.25, -0.2) is 0 Å². The number of phenols is 1. The Hall–Kier alpha value is -1.79. The van der Waals surface area contributed by atoms with Crippen LogP contribution in [-0.2, 0) is 4.79 Å². The third kappa shape index (κ3) is 3.28. The number of aliphatic imine (C=N–C) groups is 1. The van der Waals surface area contributed by atoms with Crippen molar-refractivity contribution in [2.75, 3.05) is 27.2 Å². The van der Waals surface area contributed by atoms with Crippen LogP contribution in [0.25, 0.3) is 6.08 Å². The first-order valence-corrected chi connectivity index (χ1v) is 8.50. The van der Waals surface area contributed by atoms with E-state index in [4.69, 9.17) is 0 Å². The Morgan fingerprint density at radius 3 is 2.91 bits per heavy atom. The predicted octanol–water partition coefficient (Wildman–Crippen LogP) is 2.31. The van der Waals surface area contributed by atoms with E-state index in [0.29, 0.717) is 16.5 Å². The number of hydrogen-bond acceptors (Lipinski definition) is 5. The Balaban J connectivity index is 1.75. The number of nitrogens with zero attached hydrogens (tertiary/aromatic N) is 3. The fourth-order valence-electron chi connectivity index (χ4n) is 2.81. The molecule has 0 unspecified atom stereocenters. The van der Waals surface area contributed by atoms with Crippen molar-refractivity contribution < 1.29 is 9.90 Å². The highest BCUT2D eigenvalue weighted by Gasteiger charge is 2.32. The van der Waals surface area contributed by atoms with Crippen molar-refractivity contribution in [2.45, 2.75) is 19.4 Å². The van der Waals surface area contributed by atoms with Crippen molar-refractivity contribution in [3.05, 3.63) is 34.2 Å². The van der Waals surface area contributed by atoms with E-state index in [0.717, 1.165) is 30.2 Å². The lowest BCUT2D eigenvalue weighted by Gasteiger charge is -2.20. The molecule has 2 aliphatic rings. The average molecular weight is 331 g/mol. The van der Waals surface area contributed by atoms with Gasteiger partial charge in [0.2, 0.25) is 0 Å². The van der Waals surface area contributed by atoms with Crippen molar-refractivity contribution in [2.24, 2.45) is 4.99 Å². The van der Waals surface area contributed by atoms with Crippen LogP contribution in [0.3, 0.4) is 0 Å². The maximum atomic E-state index is 12.2. The third-order valence-corrected chi connectivity index (χ3v) is 5.37. The van der Waals surface area contributed by atoms with E-state index in [-0.39, 0.29) is 11.7 Å². The zero-order chi connectivity index (χ0) is 16.6. The summed E-state index contributed by atoms with van der Waals surface area (Å²) < 4.78 is 0. The van der Waals surface area contributed by atoms with E-state index >= 15 is 0 Å². The minimum absolute atomic E-state index is 0.218. The number of phenolic OH excluding ortho intramolecular Hbond substituents is 1. The van der Waals surface area contributed by atoms with Crippen molar-refractivity contribution in [1.29, 1.82) is 0 Å². The van der Waals surface area contributed by atoms with Crippen LogP contribution >= 0.6 is 11.8 Å². The summed E-state index contributed by atoms with van der Waals surface area (Å²) >= 11 is 1.40. The highest BCUT2D eigenvalue weighted by molar-refractivity contribution is 8.18. The zero-order valence-electron chi connectivity index (χ0n) is 13.6. The number of aromatic hydroxyl groups is 1. The van der Waals surface area contributed by atoms with Gasteiger partial charge in [0, 0.05) is 24.7 Å². The van der Waals surface area contributed by atoms with Crippen molar-refractivity contribution in [3.8, 4) is 5.75 Å². The van der Waals surface area contributed by atoms with Gasteiger partial charge in [-0.1, -0.05) is 18.2 Å². The number of thioether (sulfide) groups is 1. The number of carbonyl (C=O) groups is 1. The molecule has 1 aromatic carbocycles. The molecule has 3 rings (SSSR count). The van der Waals surface area contributed by atoms with Crippen molar-refractivity contribution in [1.82, 2.24) is 9.80 Å². The number of benzene rings is 1. The minimum Gasteiger partial charge on any atom is -0.507 e. The van der Waals surface area contributed by atoms with Gasteiger partial charge in [0.15, 0.2) is 5.17 Å². The van der Waals surface area contributed by atoms with E-state index in [1.807, 2.05) is 19.1 Å². The van der Waals surface area contributed by atoms with Crippen LogP contribution in [0.5, 0.6) is 5.75 Å². The standard InChI is InChI=1S/C17H21N3O2S/c1-11-5-4-6-12(15(11)21)9-14-16(22)18-17(23-14)20-8-7-13(10-20)19(2)3/h4-6,9,13,21H,7-8,10H2,1-3H3/b14-9-/t13-/m1/s1. The Morgan fingerprint density at radius 1 is 1.43 bits per heavy atom. The Kier molecular flexibility index (Phi) is 4.46. The quantitative estimate of drug-likeness (QED) is 0.843. The van der Waals surface area contributed by atoms with Crippen LogP contribution in [0.4, 0.5) is 0 Å². The summed E-state index contributed by atoms with van der Waals surface area (Å²) in [6.45, 7) is 3.66. The summed E-state index contributed by atoms with van der Waals surface area (Å²) in [6.07, 6.45) is 2.81. The molecule has 1 atom stereocenters. The first-order chi connectivity index (χ1) is 11.0. The van der Waals surface area contributed by atoms with Crippen LogP contribution < -0.4 is 0 Å². The highest BCUT2D eigenvalue weighted by Crippen LogP contribution is 2.34. The second-order valence-corrected chi connectivity index (χ2v) is 7.18. The van der Waals surface area contributed by atoms with Crippen LogP contribution in [0.1, 0.15) is 17.5 Å². The Labute approximate surface area is 140 Å². The van der Waals surface area contributed by atoms with E-state index in [1.165, 1.54) is 11.8 Å². The molecule has 1 saturated heterocycles. The van der Waals surface area contributed by atoms with Gasteiger partial charge in [-0.2, -0.15) is 4.99 Å². The van der Waals surface area contributed by atoms with E-state index in [2.05, 4.69) is 28.9 Å². The minimum atomic E-state index is -0.223. The third-order valence-electron chi connectivity index (χ3n) is 4.33. The monoisotopic (exact) mass is 331 g/mol. The maximum Gasteiger partial charge on any atom is 0.286 e. The van der Waals surface area contributed by atoms with Gasteiger partial charge in [-0.05, 0) is 50.8 Å². The van der Waals surface area contributed by atoms with Gasteiger partial charge in [0.05, 0.1) is 4.91 Å². The lowest BCUT2D eigenvalue weighted by Crippen LogP contribution is -2.33. The second kappa shape index (κ2) is 6.37. The second-order valence-electron chi connectivity index (χ2n) is 6.18. The topological polar surface area (TPSA) is 56.1 Å². The number of aryl methyl sites for hydroxylation is 1. The molecule has 1 N–H and O–H groups in total. The molecule has 1 aromatic rings. The molecule has 23 heavy (non-hydrogen) atoms. The first-order valence-electron chi connectivity index (χ1n) is 7.68. The van der Waals surface area contributed by atoms with E-state index in [9.17, 15) is 9.90 Å². The largest absolute Gasteiger partial charge is 0.507 e. The van der Waals surface area contributed by atoms with Gasteiger partial charge in [0.1, 0.15) is 5.75 Å². The smallest absolute Gasteiger partial charge is 0.286 e. The molecule has 2 aliphatic heterocycles. The molecule has 1 fully saturated rings. The van der Waals surface area contributed by atoms with Crippen LogP contribution in [0.15, 0.2) is 28.1 Å². The van der Waals surface area contributed by atoms with Gasteiger partial charge in [-0.3, -0.25) is 4.79 Å². The molecule has 5 nitrogen and oxygen atoms in total. The number of amidine groups is 1. The summed E-state index contributed by atoms with van der Waals surface area (Å²) in [5.41, 5.74) is 1.45. The van der Waals surface area contributed by atoms with Gasteiger partial charge in [0.25, 0.3) is 5.91 Å². The lowest BCUT2D eigenvalue weighted by atomic mass is 10.1. The summed E-state index contributed by atoms with van der Waals surface area (Å²) in [6, 6.07) is 6.02. The van der Waals surface area contributed by atoms with Gasteiger partial charge >= 0.3 is 0 Å². The Morgan fingerprint density at radius 2 is 2.22 bits per heavy atom. The van der Waals surface area contributed by atoms with Crippen molar-refractivity contribution >= 4 is 28.9 Å². The molecule has 0 aromatic heterocycles. The number of rotatable bonds is 2. The number of para-hydroxylation sites is 1. The number of likely N-dealkylation sites (tertiary alicyclic amines) is 1.